The fourth-order valence-electron chi connectivity index (χ4n) is 1.37. The van der Waals surface area contributed by atoms with E-state index in [1.807, 2.05) is 20.0 Å². The van der Waals surface area contributed by atoms with Crippen LogP contribution in [0, 0.1) is 13.8 Å². The van der Waals surface area contributed by atoms with Gasteiger partial charge >= 0.3 is 5.89 Å². The number of benzene rings is 1. The Balaban J connectivity index is 2.88. The minimum absolute atomic E-state index is 0.940. The van der Waals surface area contributed by atoms with Crippen molar-refractivity contribution in [3.8, 4) is 0 Å². The lowest BCUT2D eigenvalue weighted by Gasteiger charge is -1.86. The van der Waals surface area contributed by atoms with E-state index in [0.29, 0.717) is 0 Å². The van der Waals surface area contributed by atoms with Crippen LogP contribution in [0.3, 0.4) is 0 Å². The van der Waals surface area contributed by atoms with Gasteiger partial charge < -0.3 is 4.42 Å². The van der Waals surface area contributed by atoms with Gasteiger partial charge in [0.2, 0.25) is 5.58 Å². The van der Waals surface area contributed by atoms with Gasteiger partial charge in [0.25, 0.3) is 5.52 Å². The summed E-state index contributed by atoms with van der Waals surface area (Å²) < 4.78 is 7.57. The molecule has 0 amide bonds. The zero-order valence-electron chi connectivity index (χ0n) is 7.59. The number of hydrogen-bond donors (Lipinski definition) is 0. The molecule has 1 aromatic heterocycles. The molecular formula is C10H12NO+. The number of oxazole rings is 1. The predicted octanol–water partition coefficient (Wildman–Crippen LogP) is 1.87. The van der Waals surface area contributed by atoms with Crippen molar-refractivity contribution in [2.24, 2.45) is 7.05 Å². The highest BCUT2D eigenvalue weighted by atomic mass is 16.3. The average molecular weight is 162 g/mol. The van der Waals surface area contributed by atoms with Crippen molar-refractivity contribution < 1.29 is 8.98 Å². The molecule has 0 saturated carbocycles. The number of hydrogen-bond acceptors (Lipinski definition) is 1. The maximum Gasteiger partial charge on any atom is 0.344 e. The van der Waals surface area contributed by atoms with E-state index >= 15 is 0 Å². The summed E-state index contributed by atoms with van der Waals surface area (Å²) in [5.74, 6) is 0.940. The van der Waals surface area contributed by atoms with Gasteiger partial charge in [0.15, 0.2) is 0 Å². The molecule has 2 aromatic rings. The number of rotatable bonds is 0. The first-order valence-corrected chi connectivity index (χ1v) is 4.04. The van der Waals surface area contributed by atoms with E-state index in [1.54, 1.807) is 0 Å². The summed E-state index contributed by atoms with van der Waals surface area (Å²) in [6.45, 7) is 4.05. The Morgan fingerprint density at radius 2 is 2.00 bits per heavy atom. The number of fused-ring (bicyclic) bond motifs is 1. The lowest BCUT2D eigenvalue weighted by molar-refractivity contribution is -0.657. The van der Waals surface area contributed by atoms with Crippen molar-refractivity contribution in [3.05, 3.63) is 29.7 Å². The monoisotopic (exact) mass is 162 g/mol. The van der Waals surface area contributed by atoms with Gasteiger partial charge in [0.1, 0.15) is 7.05 Å². The minimum Gasteiger partial charge on any atom is -0.402 e. The van der Waals surface area contributed by atoms with Crippen molar-refractivity contribution >= 4 is 11.1 Å². The highest BCUT2D eigenvalue weighted by Gasteiger charge is 2.13. The van der Waals surface area contributed by atoms with Gasteiger partial charge in [0, 0.05) is 6.07 Å². The maximum absolute atomic E-state index is 5.52. The molecule has 62 valence electrons. The third kappa shape index (κ3) is 0.916. The van der Waals surface area contributed by atoms with Crippen molar-refractivity contribution in [1.29, 1.82) is 0 Å². The van der Waals surface area contributed by atoms with E-state index in [4.69, 9.17) is 4.42 Å². The van der Waals surface area contributed by atoms with Crippen LogP contribution in [0.4, 0.5) is 0 Å². The number of aromatic nitrogens is 1. The molecule has 0 aliphatic heterocycles. The van der Waals surface area contributed by atoms with Crippen LogP contribution in [0.15, 0.2) is 22.6 Å². The Morgan fingerprint density at radius 1 is 1.25 bits per heavy atom. The summed E-state index contributed by atoms with van der Waals surface area (Å²) in [7, 11) is 2.01. The Hall–Kier alpha value is -1.31. The molecule has 0 radical (unpaired) electrons. The highest BCUT2D eigenvalue weighted by molar-refractivity contribution is 5.69. The van der Waals surface area contributed by atoms with Crippen LogP contribution in [0.1, 0.15) is 11.5 Å². The van der Waals surface area contributed by atoms with Crippen LogP contribution >= 0.6 is 0 Å². The molecule has 0 saturated heterocycles. The second kappa shape index (κ2) is 2.34. The van der Waals surface area contributed by atoms with E-state index in [1.165, 1.54) is 5.56 Å². The summed E-state index contributed by atoms with van der Waals surface area (Å²) in [5.41, 5.74) is 3.38. The predicted molar refractivity (Wildman–Crippen MR) is 46.9 cm³/mol. The Bertz CT molecular complexity index is 429. The zero-order chi connectivity index (χ0) is 8.72. The molecule has 0 fully saturated rings. The Morgan fingerprint density at radius 3 is 2.75 bits per heavy atom. The molecule has 0 aliphatic carbocycles. The largest absolute Gasteiger partial charge is 0.402 e. The minimum atomic E-state index is 0.940. The van der Waals surface area contributed by atoms with Crippen molar-refractivity contribution in [2.45, 2.75) is 13.8 Å². The summed E-state index contributed by atoms with van der Waals surface area (Å²) in [4.78, 5) is 0. The fraction of sp³-hybridized carbons (Fsp3) is 0.300. The van der Waals surface area contributed by atoms with Gasteiger partial charge in [-0.2, -0.15) is 4.57 Å². The zero-order valence-corrected chi connectivity index (χ0v) is 7.59. The van der Waals surface area contributed by atoms with Gasteiger partial charge in [-0.1, -0.05) is 6.07 Å². The summed E-state index contributed by atoms with van der Waals surface area (Å²) in [5, 5.41) is 0. The van der Waals surface area contributed by atoms with Crippen LogP contribution in [0.5, 0.6) is 0 Å². The fourth-order valence-corrected chi connectivity index (χ4v) is 1.37. The third-order valence-electron chi connectivity index (χ3n) is 2.21. The van der Waals surface area contributed by atoms with Crippen molar-refractivity contribution in [1.82, 2.24) is 0 Å². The van der Waals surface area contributed by atoms with Crippen LogP contribution in [-0.2, 0) is 7.05 Å². The van der Waals surface area contributed by atoms with Crippen LogP contribution in [0.25, 0.3) is 11.1 Å². The smallest absolute Gasteiger partial charge is 0.344 e. The summed E-state index contributed by atoms with van der Waals surface area (Å²) in [6, 6.07) is 6.20. The molecule has 12 heavy (non-hydrogen) atoms. The summed E-state index contributed by atoms with van der Waals surface area (Å²) >= 11 is 0. The molecule has 0 bridgehead atoms. The van der Waals surface area contributed by atoms with E-state index in [9.17, 15) is 0 Å². The van der Waals surface area contributed by atoms with E-state index in [0.717, 1.165) is 17.0 Å². The van der Waals surface area contributed by atoms with Gasteiger partial charge in [0.05, 0.1) is 6.92 Å². The molecule has 1 aromatic carbocycles. The SMILES string of the molecule is Cc1ccc2oc(C)[n+](C)c2c1. The first-order valence-electron chi connectivity index (χ1n) is 4.04. The topological polar surface area (TPSA) is 17.0 Å². The molecule has 1 heterocycles. The molecule has 2 rings (SSSR count). The molecule has 0 aliphatic rings. The molecule has 0 N–H and O–H groups in total. The Labute approximate surface area is 71.4 Å². The first kappa shape index (κ1) is 7.35. The van der Waals surface area contributed by atoms with Crippen LogP contribution in [0.2, 0.25) is 0 Å². The number of aryl methyl sites for hydroxylation is 3. The molecule has 0 atom stereocenters. The third-order valence-corrected chi connectivity index (χ3v) is 2.21. The first-order chi connectivity index (χ1) is 5.68. The molecule has 0 unspecified atom stereocenters. The van der Waals surface area contributed by atoms with Gasteiger partial charge in [-0.05, 0) is 18.6 Å². The van der Waals surface area contributed by atoms with Gasteiger partial charge in [-0.25, -0.2) is 0 Å². The molecule has 0 spiro atoms. The lowest BCUT2D eigenvalue weighted by Crippen LogP contribution is -2.28. The van der Waals surface area contributed by atoms with Gasteiger partial charge in [-0.3, -0.25) is 0 Å². The number of nitrogens with zero attached hydrogens (tertiary/aromatic N) is 1. The van der Waals surface area contributed by atoms with Crippen molar-refractivity contribution in [3.63, 3.8) is 0 Å². The van der Waals surface area contributed by atoms with Crippen LogP contribution < -0.4 is 4.57 Å². The molecular weight excluding hydrogens is 150 g/mol. The lowest BCUT2D eigenvalue weighted by atomic mass is 10.2. The van der Waals surface area contributed by atoms with E-state index in [-0.39, 0.29) is 0 Å². The molecule has 2 heteroatoms. The van der Waals surface area contributed by atoms with E-state index in [2.05, 4.69) is 23.6 Å². The maximum atomic E-state index is 5.52. The standard InChI is InChI=1S/C10H12NO/c1-7-4-5-10-9(6-7)11(3)8(2)12-10/h4-6H,1-3H3/q+1. The Kier molecular flexibility index (Phi) is 1.43. The summed E-state index contributed by atoms with van der Waals surface area (Å²) in [6.07, 6.45) is 0. The van der Waals surface area contributed by atoms with Crippen molar-refractivity contribution in [2.75, 3.05) is 0 Å². The normalized spacial score (nSPS) is 10.9. The van der Waals surface area contributed by atoms with Gasteiger partial charge in [-0.15, -0.1) is 0 Å². The highest BCUT2D eigenvalue weighted by Crippen LogP contribution is 2.13. The second-order valence-corrected chi connectivity index (χ2v) is 3.15. The van der Waals surface area contributed by atoms with Crippen LogP contribution in [-0.4, -0.2) is 0 Å². The average Bonchev–Trinajstić information content (AvgIpc) is 2.31. The second-order valence-electron chi connectivity index (χ2n) is 3.15. The van der Waals surface area contributed by atoms with E-state index < -0.39 is 0 Å². The quantitative estimate of drug-likeness (QED) is 0.540. The molecule has 2 nitrogen and oxygen atoms in total.